The number of nitrogens with one attached hydrogen (secondary N) is 1. The summed E-state index contributed by atoms with van der Waals surface area (Å²) in [5.41, 5.74) is 5.60. The first-order chi connectivity index (χ1) is 7.15. The fourth-order valence-electron chi connectivity index (χ4n) is 1.28. The molecule has 0 aliphatic heterocycles. The summed E-state index contributed by atoms with van der Waals surface area (Å²) >= 11 is 0. The van der Waals surface area contributed by atoms with Gasteiger partial charge in [-0.15, -0.1) is 0 Å². The van der Waals surface area contributed by atoms with Gasteiger partial charge in [-0.3, -0.25) is 4.79 Å². The van der Waals surface area contributed by atoms with Crippen LogP contribution in [0.4, 0.5) is 0 Å². The lowest BCUT2D eigenvalue weighted by atomic mass is 10.1. The van der Waals surface area contributed by atoms with Crippen LogP contribution in [0.2, 0.25) is 0 Å². The molecule has 1 aliphatic rings. The molecule has 0 aromatic heterocycles. The van der Waals surface area contributed by atoms with E-state index in [2.05, 4.69) is 5.32 Å². The van der Waals surface area contributed by atoms with Crippen molar-refractivity contribution in [2.75, 3.05) is 19.3 Å². The molecule has 1 aliphatic carbocycles. The van der Waals surface area contributed by atoms with Crippen LogP contribution in [0.5, 0.6) is 0 Å². The Bertz CT molecular complexity index is 383. The third-order valence-electron chi connectivity index (χ3n) is 3.49. The fraction of sp³-hybridized carbons (Fsp3) is 0.900. The Kier molecular flexibility index (Phi) is 3.36. The zero-order chi connectivity index (χ0) is 12.6. The molecule has 1 saturated carbocycles. The monoisotopic (exact) mass is 248 g/mol. The quantitative estimate of drug-likeness (QED) is 0.697. The van der Waals surface area contributed by atoms with Crippen molar-refractivity contribution in [3.05, 3.63) is 0 Å². The van der Waals surface area contributed by atoms with Crippen molar-refractivity contribution in [1.82, 2.24) is 5.32 Å². The van der Waals surface area contributed by atoms with Crippen LogP contribution in [0.1, 0.15) is 26.7 Å². The highest BCUT2D eigenvalue weighted by Gasteiger charge is 2.44. The van der Waals surface area contributed by atoms with Gasteiger partial charge in [-0.2, -0.15) is 0 Å². The van der Waals surface area contributed by atoms with Gasteiger partial charge >= 0.3 is 0 Å². The molecular weight excluding hydrogens is 228 g/mol. The molecule has 6 heteroatoms. The number of nitrogens with two attached hydrogens (primary N) is 1. The first-order valence-corrected chi connectivity index (χ1v) is 7.22. The standard InChI is InChI=1S/C10H20N2O3S/c1-9(2,16(3,14)15)8(13)12-7-10(6-11)4-5-10/h4-7,11H2,1-3H3,(H,12,13). The average Bonchev–Trinajstić information content (AvgIpc) is 2.93. The minimum absolute atomic E-state index is 0.0171. The number of hydrogen-bond donors (Lipinski definition) is 2. The minimum atomic E-state index is -3.40. The molecule has 1 fully saturated rings. The van der Waals surface area contributed by atoms with Crippen LogP contribution in [0.3, 0.4) is 0 Å². The molecule has 0 aromatic carbocycles. The van der Waals surface area contributed by atoms with Crippen LogP contribution < -0.4 is 11.1 Å². The summed E-state index contributed by atoms with van der Waals surface area (Å²) in [7, 11) is -3.40. The lowest BCUT2D eigenvalue weighted by Gasteiger charge is -2.23. The van der Waals surface area contributed by atoms with Crippen molar-refractivity contribution < 1.29 is 13.2 Å². The molecule has 1 rings (SSSR count). The molecule has 0 bridgehead atoms. The normalized spacial score (nSPS) is 19.2. The largest absolute Gasteiger partial charge is 0.354 e. The highest BCUT2D eigenvalue weighted by Crippen LogP contribution is 2.43. The maximum Gasteiger partial charge on any atom is 0.240 e. The van der Waals surface area contributed by atoms with Crippen molar-refractivity contribution in [2.24, 2.45) is 11.1 Å². The zero-order valence-corrected chi connectivity index (χ0v) is 10.9. The van der Waals surface area contributed by atoms with Crippen molar-refractivity contribution in [2.45, 2.75) is 31.4 Å². The Balaban J connectivity index is 2.59. The second kappa shape index (κ2) is 4.00. The van der Waals surface area contributed by atoms with Gasteiger partial charge in [-0.1, -0.05) is 0 Å². The smallest absolute Gasteiger partial charge is 0.240 e. The Hall–Kier alpha value is -0.620. The second-order valence-electron chi connectivity index (χ2n) is 5.17. The van der Waals surface area contributed by atoms with E-state index in [1.165, 1.54) is 13.8 Å². The van der Waals surface area contributed by atoms with Gasteiger partial charge in [0.05, 0.1) is 0 Å². The summed E-state index contributed by atoms with van der Waals surface area (Å²) in [4.78, 5) is 11.8. The summed E-state index contributed by atoms with van der Waals surface area (Å²) < 4.78 is 21.5. The predicted molar refractivity (Wildman–Crippen MR) is 62.7 cm³/mol. The summed E-state index contributed by atoms with van der Waals surface area (Å²) in [6.45, 7) is 3.84. The van der Waals surface area contributed by atoms with Crippen LogP contribution in [-0.2, 0) is 14.6 Å². The van der Waals surface area contributed by atoms with Crippen LogP contribution >= 0.6 is 0 Å². The van der Waals surface area contributed by atoms with Crippen LogP contribution in [0.25, 0.3) is 0 Å². The third kappa shape index (κ3) is 2.55. The Morgan fingerprint density at radius 3 is 2.25 bits per heavy atom. The minimum Gasteiger partial charge on any atom is -0.354 e. The summed E-state index contributed by atoms with van der Waals surface area (Å²) in [6.07, 6.45) is 3.08. The molecule has 1 amide bonds. The van der Waals surface area contributed by atoms with Crippen molar-refractivity contribution in [1.29, 1.82) is 0 Å². The predicted octanol–water partition coefficient (Wildman–Crippen LogP) is -0.335. The molecule has 3 N–H and O–H groups in total. The lowest BCUT2D eigenvalue weighted by molar-refractivity contribution is -0.123. The molecule has 0 saturated heterocycles. The van der Waals surface area contributed by atoms with E-state index in [0.717, 1.165) is 19.1 Å². The fourth-order valence-corrected chi connectivity index (χ4v) is 1.69. The summed E-state index contributed by atoms with van der Waals surface area (Å²) in [5.74, 6) is -0.449. The molecule has 0 radical (unpaired) electrons. The zero-order valence-electron chi connectivity index (χ0n) is 10.0. The number of sulfone groups is 1. The molecule has 5 nitrogen and oxygen atoms in total. The number of amides is 1. The van der Waals surface area contributed by atoms with Crippen LogP contribution in [-0.4, -0.2) is 38.4 Å². The highest BCUT2D eigenvalue weighted by atomic mass is 32.2. The van der Waals surface area contributed by atoms with Crippen molar-refractivity contribution in [3.63, 3.8) is 0 Å². The Labute approximate surface area is 96.7 Å². The van der Waals surface area contributed by atoms with E-state index in [0.29, 0.717) is 13.1 Å². The SMILES string of the molecule is CC(C)(C(=O)NCC1(CN)CC1)S(C)(=O)=O. The van der Waals surface area contributed by atoms with E-state index < -0.39 is 20.5 Å². The van der Waals surface area contributed by atoms with Gasteiger partial charge in [-0.25, -0.2) is 8.42 Å². The molecule has 0 heterocycles. The summed E-state index contributed by atoms with van der Waals surface area (Å²) in [5, 5.41) is 2.69. The molecule has 94 valence electrons. The van der Waals surface area contributed by atoms with Gasteiger partial charge in [0.1, 0.15) is 4.75 Å². The van der Waals surface area contributed by atoms with E-state index in [4.69, 9.17) is 5.73 Å². The molecule has 0 unspecified atom stereocenters. The third-order valence-corrected chi connectivity index (χ3v) is 5.53. The Morgan fingerprint density at radius 1 is 1.44 bits per heavy atom. The van der Waals surface area contributed by atoms with E-state index in [1.807, 2.05) is 0 Å². The van der Waals surface area contributed by atoms with E-state index in [9.17, 15) is 13.2 Å². The van der Waals surface area contributed by atoms with Gasteiger partial charge in [0, 0.05) is 12.8 Å². The lowest BCUT2D eigenvalue weighted by Crippen LogP contribution is -2.49. The van der Waals surface area contributed by atoms with Gasteiger partial charge in [-0.05, 0) is 38.6 Å². The number of hydrogen-bond acceptors (Lipinski definition) is 4. The molecular formula is C10H20N2O3S. The van der Waals surface area contributed by atoms with Crippen LogP contribution in [0, 0.1) is 5.41 Å². The van der Waals surface area contributed by atoms with Crippen LogP contribution in [0.15, 0.2) is 0 Å². The molecule has 16 heavy (non-hydrogen) atoms. The molecule has 0 spiro atoms. The topological polar surface area (TPSA) is 89.3 Å². The second-order valence-corrected chi connectivity index (χ2v) is 7.73. The van der Waals surface area contributed by atoms with Gasteiger partial charge in [0.25, 0.3) is 0 Å². The first-order valence-electron chi connectivity index (χ1n) is 5.33. The Morgan fingerprint density at radius 2 is 1.94 bits per heavy atom. The van der Waals surface area contributed by atoms with E-state index >= 15 is 0 Å². The van der Waals surface area contributed by atoms with Gasteiger partial charge < -0.3 is 11.1 Å². The number of carbonyl (C=O) groups is 1. The number of rotatable bonds is 5. The van der Waals surface area contributed by atoms with E-state index in [1.54, 1.807) is 0 Å². The maximum absolute atomic E-state index is 11.8. The van der Waals surface area contributed by atoms with Crippen molar-refractivity contribution >= 4 is 15.7 Å². The summed E-state index contributed by atoms with van der Waals surface area (Å²) in [6, 6.07) is 0. The molecule has 0 atom stereocenters. The van der Waals surface area contributed by atoms with Gasteiger partial charge in [0.15, 0.2) is 9.84 Å². The first kappa shape index (κ1) is 13.4. The average molecular weight is 248 g/mol. The molecule has 0 aromatic rings. The maximum atomic E-state index is 11.8. The van der Waals surface area contributed by atoms with E-state index in [-0.39, 0.29) is 5.41 Å². The highest BCUT2D eigenvalue weighted by molar-refractivity contribution is 7.92. The van der Waals surface area contributed by atoms with Crippen molar-refractivity contribution in [3.8, 4) is 0 Å². The van der Waals surface area contributed by atoms with Gasteiger partial charge in [0.2, 0.25) is 5.91 Å². The number of carbonyl (C=O) groups excluding carboxylic acids is 1.